The maximum absolute atomic E-state index is 11.9. The third-order valence-corrected chi connectivity index (χ3v) is 3.15. The predicted molar refractivity (Wildman–Crippen MR) is 64.0 cm³/mol. The zero-order valence-electron chi connectivity index (χ0n) is 9.78. The molecule has 0 aromatic carbocycles. The van der Waals surface area contributed by atoms with E-state index in [4.69, 9.17) is 10.9 Å². The van der Waals surface area contributed by atoms with E-state index in [0.29, 0.717) is 5.56 Å². The highest BCUT2D eigenvalue weighted by atomic mass is 16.4. The van der Waals surface area contributed by atoms with Crippen LogP contribution >= 0.6 is 0 Å². The first-order valence-corrected chi connectivity index (χ1v) is 5.75. The van der Waals surface area contributed by atoms with Crippen molar-refractivity contribution in [3.05, 3.63) is 24.3 Å². The second kappa shape index (κ2) is 5.44. The van der Waals surface area contributed by atoms with Crippen LogP contribution in [0.2, 0.25) is 0 Å². The largest absolute Gasteiger partial charge is 0.409 e. The molecular weight excluding hydrogens is 234 g/mol. The van der Waals surface area contributed by atoms with Crippen molar-refractivity contribution in [3.8, 4) is 0 Å². The van der Waals surface area contributed by atoms with Gasteiger partial charge in [0.2, 0.25) is 0 Å². The number of rotatable bonds is 3. The van der Waals surface area contributed by atoms with Crippen molar-refractivity contribution in [2.45, 2.75) is 25.3 Å². The summed E-state index contributed by atoms with van der Waals surface area (Å²) < 4.78 is 0. The fraction of sp³-hybridized carbons (Fsp3) is 0.455. The van der Waals surface area contributed by atoms with Crippen molar-refractivity contribution in [3.63, 3.8) is 0 Å². The van der Waals surface area contributed by atoms with Crippen molar-refractivity contribution >= 4 is 11.7 Å². The highest BCUT2D eigenvalue weighted by Crippen LogP contribution is 2.26. The van der Waals surface area contributed by atoms with E-state index >= 15 is 0 Å². The van der Waals surface area contributed by atoms with E-state index in [9.17, 15) is 4.79 Å². The zero-order valence-corrected chi connectivity index (χ0v) is 9.78. The van der Waals surface area contributed by atoms with Gasteiger partial charge >= 0.3 is 0 Å². The van der Waals surface area contributed by atoms with Gasteiger partial charge in [0.25, 0.3) is 5.91 Å². The maximum atomic E-state index is 11.9. The van der Waals surface area contributed by atoms with Crippen LogP contribution in [0.1, 0.15) is 29.6 Å². The second-order valence-corrected chi connectivity index (χ2v) is 4.27. The molecule has 0 spiro atoms. The first-order chi connectivity index (χ1) is 8.72. The fourth-order valence-electron chi connectivity index (χ4n) is 2.23. The molecule has 7 nitrogen and oxygen atoms in total. The molecule has 0 saturated heterocycles. The monoisotopic (exact) mass is 249 g/mol. The van der Waals surface area contributed by atoms with Gasteiger partial charge < -0.3 is 16.3 Å². The number of nitrogens with zero attached hydrogens (tertiary/aromatic N) is 3. The van der Waals surface area contributed by atoms with E-state index in [1.165, 1.54) is 18.7 Å². The van der Waals surface area contributed by atoms with Gasteiger partial charge in [-0.05, 0) is 12.8 Å². The Labute approximate surface area is 104 Å². The van der Waals surface area contributed by atoms with Gasteiger partial charge in [0, 0.05) is 24.4 Å². The molecule has 1 aliphatic carbocycles. The molecular formula is C11H15N5O2. The summed E-state index contributed by atoms with van der Waals surface area (Å²) in [6, 6.07) is -0.103. The van der Waals surface area contributed by atoms with Gasteiger partial charge in [-0.15, -0.1) is 0 Å². The number of aromatic nitrogens is 2. The van der Waals surface area contributed by atoms with Crippen molar-refractivity contribution in [1.29, 1.82) is 0 Å². The number of amides is 1. The molecule has 1 aromatic rings. The molecule has 96 valence electrons. The summed E-state index contributed by atoms with van der Waals surface area (Å²) in [4.78, 5) is 19.5. The average Bonchev–Trinajstić information content (AvgIpc) is 2.87. The predicted octanol–water partition coefficient (Wildman–Crippen LogP) is 0.121. The lowest BCUT2D eigenvalue weighted by Crippen LogP contribution is -2.42. The molecule has 1 saturated carbocycles. The highest BCUT2D eigenvalue weighted by Gasteiger charge is 2.31. The SMILES string of the molecule is NC(=NO)C1CCCC1NC(=O)c1cncnc1. The van der Waals surface area contributed by atoms with Crippen LogP contribution in [0.4, 0.5) is 0 Å². The molecule has 0 radical (unpaired) electrons. The second-order valence-electron chi connectivity index (χ2n) is 4.27. The Hall–Kier alpha value is -2.18. The lowest BCUT2D eigenvalue weighted by molar-refractivity contribution is 0.0932. The van der Waals surface area contributed by atoms with Gasteiger partial charge in [0.15, 0.2) is 0 Å². The molecule has 2 unspecified atom stereocenters. The molecule has 18 heavy (non-hydrogen) atoms. The van der Waals surface area contributed by atoms with Gasteiger partial charge in [-0.1, -0.05) is 11.6 Å². The van der Waals surface area contributed by atoms with Crippen molar-refractivity contribution in [1.82, 2.24) is 15.3 Å². The van der Waals surface area contributed by atoms with Crippen LogP contribution in [0, 0.1) is 5.92 Å². The summed E-state index contributed by atoms with van der Waals surface area (Å²) >= 11 is 0. The van der Waals surface area contributed by atoms with E-state index in [1.54, 1.807) is 0 Å². The molecule has 7 heteroatoms. The minimum absolute atomic E-state index is 0.103. The number of carbonyl (C=O) groups is 1. The maximum Gasteiger partial charge on any atom is 0.254 e. The Bertz CT molecular complexity index is 448. The summed E-state index contributed by atoms with van der Waals surface area (Å²) in [5.41, 5.74) is 6.01. The third kappa shape index (κ3) is 2.55. The first-order valence-electron chi connectivity index (χ1n) is 5.75. The quantitative estimate of drug-likeness (QED) is 0.305. The Kier molecular flexibility index (Phi) is 3.71. The van der Waals surface area contributed by atoms with Crippen LogP contribution in [-0.4, -0.2) is 33.0 Å². The van der Waals surface area contributed by atoms with E-state index in [-0.39, 0.29) is 23.7 Å². The van der Waals surface area contributed by atoms with Gasteiger partial charge in [-0.2, -0.15) is 0 Å². The molecule has 1 amide bonds. The Morgan fingerprint density at radius 3 is 2.83 bits per heavy atom. The topological polar surface area (TPSA) is 113 Å². The standard InChI is InChI=1S/C11H15N5O2/c12-10(16-18)8-2-1-3-9(8)15-11(17)7-4-13-6-14-5-7/h4-6,8-9,18H,1-3H2,(H2,12,16)(H,15,17). The summed E-state index contributed by atoms with van der Waals surface area (Å²) in [7, 11) is 0. The molecule has 0 aliphatic heterocycles. The lowest BCUT2D eigenvalue weighted by Gasteiger charge is -2.19. The molecule has 2 rings (SSSR count). The number of amidine groups is 1. The summed E-state index contributed by atoms with van der Waals surface area (Å²) in [5.74, 6) is -0.177. The van der Waals surface area contributed by atoms with E-state index < -0.39 is 0 Å². The minimum atomic E-state index is -0.238. The number of hydrogen-bond acceptors (Lipinski definition) is 5. The van der Waals surface area contributed by atoms with Crippen molar-refractivity contribution in [2.75, 3.05) is 0 Å². The van der Waals surface area contributed by atoms with Crippen LogP contribution in [0.25, 0.3) is 0 Å². The van der Waals surface area contributed by atoms with Gasteiger partial charge in [-0.3, -0.25) is 4.79 Å². The van der Waals surface area contributed by atoms with Crippen LogP contribution in [-0.2, 0) is 0 Å². The van der Waals surface area contributed by atoms with Crippen LogP contribution in [0.5, 0.6) is 0 Å². The normalized spacial score (nSPS) is 23.9. The van der Waals surface area contributed by atoms with E-state index in [0.717, 1.165) is 19.3 Å². The number of nitrogens with two attached hydrogens (primary N) is 1. The van der Waals surface area contributed by atoms with Crippen molar-refractivity contribution < 1.29 is 10.0 Å². The third-order valence-electron chi connectivity index (χ3n) is 3.15. The highest BCUT2D eigenvalue weighted by molar-refractivity contribution is 5.94. The molecule has 1 heterocycles. The molecule has 1 aromatic heterocycles. The van der Waals surface area contributed by atoms with Crippen LogP contribution in [0.3, 0.4) is 0 Å². The Morgan fingerprint density at radius 1 is 1.44 bits per heavy atom. The molecule has 0 bridgehead atoms. The summed E-state index contributed by atoms with van der Waals surface area (Å²) in [6.45, 7) is 0. The fourth-order valence-corrected chi connectivity index (χ4v) is 2.23. The average molecular weight is 249 g/mol. The summed E-state index contributed by atoms with van der Waals surface area (Å²) in [6.07, 6.45) is 6.85. The summed E-state index contributed by atoms with van der Waals surface area (Å²) in [5, 5.41) is 14.6. The van der Waals surface area contributed by atoms with E-state index in [2.05, 4.69) is 20.4 Å². The van der Waals surface area contributed by atoms with Gasteiger partial charge in [0.05, 0.1) is 5.56 Å². The Morgan fingerprint density at radius 2 is 2.17 bits per heavy atom. The van der Waals surface area contributed by atoms with Gasteiger partial charge in [-0.25, -0.2) is 9.97 Å². The molecule has 1 fully saturated rings. The Balaban J connectivity index is 2.03. The number of oxime groups is 1. The van der Waals surface area contributed by atoms with Crippen molar-refractivity contribution in [2.24, 2.45) is 16.8 Å². The smallest absolute Gasteiger partial charge is 0.254 e. The van der Waals surface area contributed by atoms with Crippen LogP contribution in [0.15, 0.2) is 23.9 Å². The van der Waals surface area contributed by atoms with Crippen LogP contribution < -0.4 is 11.1 Å². The van der Waals surface area contributed by atoms with Gasteiger partial charge in [0.1, 0.15) is 12.2 Å². The number of nitrogens with one attached hydrogen (secondary N) is 1. The molecule has 1 aliphatic rings. The first kappa shape index (κ1) is 12.3. The van der Waals surface area contributed by atoms with E-state index in [1.807, 2.05) is 0 Å². The molecule has 2 atom stereocenters. The number of hydrogen-bond donors (Lipinski definition) is 3. The number of carbonyl (C=O) groups excluding carboxylic acids is 1. The zero-order chi connectivity index (χ0) is 13.0. The minimum Gasteiger partial charge on any atom is -0.409 e. The molecule has 4 N–H and O–H groups in total. The lowest BCUT2D eigenvalue weighted by atomic mass is 10.0.